The highest BCUT2D eigenvalue weighted by Crippen LogP contribution is 2.31. The third-order valence-electron chi connectivity index (χ3n) is 3.34. The zero-order valence-corrected chi connectivity index (χ0v) is 8.54. The molecule has 0 amide bonds. The van der Waals surface area contributed by atoms with Crippen molar-refractivity contribution in [3.63, 3.8) is 0 Å². The summed E-state index contributed by atoms with van der Waals surface area (Å²) in [5.41, 5.74) is -1.50. The Kier molecular flexibility index (Phi) is 2.84. The third-order valence-corrected chi connectivity index (χ3v) is 3.34. The van der Waals surface area contributed by atoms with Crippen molar-refractivity contribution < 1.29 is 14.1 Å². The van der Waals surface area contributed by atoms with Crippen molar-refractivity contribution in [2.75, 3.05) is 13.1 Å². The highest BCUT2D eigenvalue weighted by atomic mass is 19.2. The maximum Gasteiger partial charge on any atom is 0.179 e. The molecule has 2 fully saturated rings. The second kappa shape index (κ2) is 3.98. The molecule has 0 radical (unpaired) electrons. The summed E-state index contributed by atoms with van der Waals surface area (Å²) in [7, 11) is 0. The molecular formula is C10H15FN2O2. The molecule has 1 N–H and O–H groups in total. The van der Waals surface area contributed by atoms with Gasteiger partial charge in [0.25, 0.3) is 0 Å². The maximum atomic E-state index is 13.5. The Balaban J connectivity index is 2.18. The van der Waals surface area contributed by atoms with Gasteiger partial charge in [-0.05, 0) is 32.2 Å². The van der Waals surface area contributed by atoms with Crippen molar-refractivity contribution in [2.24, 2.45) is 0 Å². The predicted octanol–water partition coefficient (Wildman–Crippen LogP) is 0.226. The van der Waals surface area contributed by atoms with Crippen molar-refractivity contribution in [1.29, 1.82) is 0 Å². The molecule has 2 saturated heterocycles. The molecule has 2 heterocycles. The van der Waals surface area contributed by atoms with Gasteiger partial charge >= 0.3 is 0 Å². The molecule has 2 atom stereocenters. The van der Waals surface area contributed by atoms with Gasteiger partial charge in [-0.15, -0.1) is 9.60 Å². The Morgan fingerprint density at radius 2 is 2.33 bits per heavy atom. The molecule has 0 bridgehead atoms. The first-order valence-electron chi connectivity index (χ1n) is 5.38. The Labute approximate surface area is 87.7 Å². The van der Waals surface area contributed by atoms with Crippen molar-refractivity contribution in [2.45, 2.75) is 37.3 Å². The van der Waals surface area contributed by atoms with Crippen LogP contribution in [-0.4, -0.2) is 41.9 Å². The van der Waals surface area contributed by atoms with Gasteiger partial charge in [-0.25, -0.2) is 0 Å². The number of ketones is 1. The lowest BCUT2D eigenvalue weighted by molar-refractivity contribution is -0.148. The van der Waals surface area contributed by atoms with Crippen LogP contribution in [-0.2, 0) is 9.59 Å². The van der Waals surface area contributed by atoms with E-state index in [0.29, 0.717) is 30.7 Å². The van der Waals surface area contributed by atoms with Gasteiger partial charge in [0.05, 0.1) is 6.04 Å². The SMILES string of the molecule is O=C[C@]1(C(=O)[C@@H]2CCCN2)CCCN1F. The van der Waals surface area contributed by atoms with Gasteiger partial charge in [-0.2, -0.15) is 0 Å². The van der Waals surface area contributed by atoms with Crippen LogP contribution in [0.15, 0.2) is 0 Å². The first-order chi connectivity index (χ1) is 7.20. The lowest BCUT2D eigenvalue weighted by Crippen LogP contribution is -2.54. The first-order valence-corrected chi connectivity index (χ1v) is 5.38. The number of carbonyl (C=O) groups is 2. The van der Waals surface area contributed by atoms with E-state index in [-0.39, 0.29) is 18.4 Å². The monoisotopic (exact) mass is 214 g/mol. The summed E-state index contributed by atoms with van der Waals surface area (Å²) in [5.74, 6) is -0.296. The molecule has 84 valence electrons. The van der Waals surface area contributed by atoms with Gasteiger partial charge in [0.15, 0.2) is 17.6 Å². The second-order valence-corrected chi connectivity index (χ2v) is 4.24. The number of halogens is 1. The Hall–Kier alpha value is -0.810. The number of hydrogen-bond donors (Lipinski definition) is 1. The fraction of sp³-hybridized carbons (Fsp3) is 0.800. The number of aldehydes is 1. The number of Topliss-reactive ketones (excluding diaryl/α,β-unsaturated/α-hetero) is 1. The quantitative estimate of drug-likeness (QED) is 0.415. The van der Waals surface area contributed by atoms with Crippen molar-refractivity contribution in [3.8, 4) is 0 Å². The van der Waals surface area contributed by atoms with Crippen LogP contribution in [0.3, 0.4) is 0 Å². The average Bonchev–Trinajstić information content (AvgIpc) is 2.86. The summed E-state index contributed by atoms with van der Waals surface area (Å²) in [4.78, 5) is 23.0. The normalized spacial score (nSPS) is 37.0. The summed E-state index contributed by atoms with van der Waals surface area (Å²) >= 11 is 0. The van der Waals surface area contributed by atoms with Crippen LogP contribution < -0.4 is 5.32 Å². The Bertz CT molecular complexity index is 279. The Morgan fingerprint density at radius 1 is 1.53 bits per heavy atom. The van der Waals surface area contributed by atoms with Crippen molar-refractivity contribution in [3.05, 3.63) is 0 Å². The van der Waals surface area contributed by atoms with Crippen molar-refractivity contribution in [1.82, 2.24) is 10.4 Å². The zero-order valence-electron chi connectivity index (χ0n) is 8.54. The molecule has 0 saturated carbocycles. The van der Waals surface area contributed by atoms with E-state index in [1.165, 1.54) is 0 Å². The fourth-order valence-corrected chi connectivity index (χ4v) is 2.44. The fourth-order valence-electron chi connectivity index (χ4n) is 2.44. The van der Waals surface area contributed by atoms with E-state index in [4.69, 9.17) is 0 Å². The molecule has 0 unspecified atom stereocenters. The van der Waals surface area contributed by atoms with Crippen LogP contribution in [0.1, 0.15) is 25.7 Å². The van der Waals surface area contributed by atoms with E-state index >= 15 is 0 Å². The molecule has 2 rings (SSSR count). The first kappa shape index (κ1) is 10.7. The van der Waals surface area contributed by atoms with E-state index < -0.39 is 5.54 Å². The van der Waals surface area contributed by atoms with Gasteiger partial charge < -0.3 is 10.1 Å². The van der Waals surface area contributed by atoms with Crippen LogP contribution >= 0.6 is 0 Å². The number of carbonyl (C=O) groups excluding carboxylic acids is 2. The third kappa shape index (κ3) is 1.59. The average molecular weight is 214 g/mol. The Morgan fingerprint density at radius 3 is 2.80 bits per heavy atom. The lowest BCUT2D eigenvalue weighted by atomic mass is 9.88. The number of rotatable bonds is 3. The minimum Gasteiger partial charge on any atom is -0.307 e. The van der Waals surface area contributed by atoms with Crippen molar-refractivity contribution >= 4 is 12.1 Å². The van der Waals surface area contributed by atoms with E-state index in [1.807, 2.05) is 0 Å². The number of nitrogens with one attached hydrogen (secondary N) is 1. The summed E-state index contributed by atoms with van der Waals surface area (Å²) < 4.78 is 13.5. The summed E-state index contributed by atoms with van der Waals surface area (Å²) in [6.07, 6.45) is 2.97. The molecule has 4 nitrogen and oxygen atoms in total. The summed E-state index contributed by atoms with van der Waals surface area (Å²) in [6.45, 7) is 0.953. The molecule has 0 aromatic carbocycles. The van der Waals surface area contributed by atoms with E-state index in [9.17, 15) is 14.1 Å². The molecular weight excluding hydrogens is 199 g/mol. The van der Waals surface area contributed by atoms with Gasteiger partial charge in [0, 0.05) is 6.54 Å². The minimum absolute atomic E-state index is 0.178. The van der Waals surface area contributed by atoms with Crippen LogP contribution in [0.25, 0.3) is 0 Å². The molecule has 0 aliphatic carbocycles. The van der Waals surface area contributed by atoms with Crippen LogP contribution in [0.5, 0.6) is 0 Å². The molecule has 2 aliphatic rings. The van der Waals surface area contributed by atoms with E-state index in [0.717, 1.165) is 13.0 Å². The molecule has 0 aromatic rings. The maximum absolute atomic E-state index is 13.5. The molecule has 15 heavy (non-hydrogen) atoms. The molecule has 0 spiro atoms. The van der Waals surface area contributed by atoms with Crippen LogP contribution in [0.2, 0.25) is 0 Å². The minimum atomic E-state index is -1.50. The van der Waals surface area contributed by atoms with Crippen LogP contribution in [0, 0.1) is 0 Å². The smallest absolute Gasteiger partial charge is 0.179 e. The summed E-state index contributed by atoms with van der Waals surface area (Å²) in [5, 5.41) is 3.42. The van der Waals surface area contributed by atoms with Gasteiger partial charge in [-0.1, -0.05) is 0 Å². The second-order valence-electron chi connectivity index (χ2n) is 4.24. The van der Waals surface area contributed by atoms with E-state index in [1.54, 1.807) is 0 Å². The molecule has 0 aromatic heterocycles. The largest absolute Gasteiger partial charge is 0.307 e. The standard InChI is InChI=1S/C10H15FN2O2/c11-13-6-2-4-10(13,7-14)9(15)8-3-1-5-12-8/h7-8,12H,1-6H2/t8-,10-/m0/s1. The highest BCUT2D eigenvalue weighted by molar-refractivity contribution is 6.06. The molecule has 5 heteroatoms. The van der Waals surface area contributed by atoms with E-state index in [2.05, 4.69) is 5.32 Å². The topological polar surface area (TPSA) is 49.4 Å². The van der Waals surface area contributed by atoms with Gasteiger partial charge in [0.1, 0.15) is 0 Å². The zero-order chi connectivity index (χ0) is 10.9. The van der Waals surface area contributed by atoms with Gasteiger partial charge in [0.2, 0.25) is 0 Å². The van der Waals surface area contributed by atoms with Crippen LogP contribution in [0.4, 0.5) is 4.48 Å². The molecule has 2 aliphatic heterocycles. The lowest BCUT2D eigenvalue weighted by Gasteiger charge is -2.27. The van der Waals surface area contributed by atoms with Gasteiger partial charge in [-0.3, -0.25) is 4.79 Å². The summed E-state index contributed by atoms with van der Waals surface area (Å²) in [6, 6.07) is -0.341. The predicted molar refractivity (Wildman–Crippen MR) is 51.9 cm³/mol. The number of nitrogens with zero attached hydrogens (tertiary/aromatic N) is 1. The highest BCUT2D eigenvalue weighted by Gasteiger charge is 2.50. The number of hydrogen-bond acceptors (Lipinski definition) is 4.